The molecule has 7 nitrogen and oxygen atoms in total. The second-order valence-electron chi connectivity index (χ2n) is 6.91. The van der Waals surface area contributed by atoms with Gasteiger partial charge in [0.1, 0.15) is 11.2 Å². The van der Waals surface area contributed by atoms with Crippen LogP contribution < -0.4 is 4.74 Å². The van der Waals surface area contributed by atoms with Crippen LogP contribution in [0.15, 0.2) is 6.33 Å². The summed E-state index contributed by atoms with van der Waals surface area (Å²) in [4.78, 5) is 37.0. The van der Waals surface area contributed by atoms with Gasteiger partial charge in [0.2, 0.25) is 5.88 Å². The number of likely N-dealkylation sites (tertiary alicyclic amines) is 1. The summed E-state index contributed by atoms with van der Waals surface area (Å²) in [5.74, 6) is 0.172. The molecule has 8 heteroatoms. The van der Waals surface area contributed by atoms with Crippen molar-refractivity contribution in [3.8, 4) is 5.88 Å². The molecule has 2 aliphatic rings. The average molecular weight is 389 g/mol. The van der Waals surface area contributed by atoms with Crippen molar-refractivity contribution in [2.75, 3.05) is 26.3 Å². The predicted molar refractivity (Wildman–Crippen MR) is 101 cm³/mol. The monoisotopic (exact) mass is 389 g/mol. The number of aryl methyl sites for hydroxylation is 2. The molecule has 0 radical (unpaired) electrons. The van der Waals surface area contributed by atoms with Gasteiger partial charge in [-0.3, -0.25) is 9.59 Å². The maximum absolute atomic E-state index is 12.5. The topological polar surface area (TPSA) is 81.6 Å². The maximum atomic E-state index is 12.5. The molecule has 0 spiro atoms. The van der Waals surface area contributed by atoms with Gasteiger partial charge in [0.05, 0.1) is 17.9 Å². The molecular weight excluding hydrogens is 366 g/mol. The van der Waals surface area contributed by atoms with E-state index in [0.29, 0.717) is 38.4 Å². The Kier molecular flexibility index (Phi) is 5.24. The third-order valence-corrected chi connectivity index (χ3v) is 6.47. The first kappa shape index (κ1) is 18.2. The second kappa shape index (κ2) is 7.80. The number of ether oxygens (including phenoxy) is 2. The normalized spacial score (nSPS) is 17.1. The summed E-state index contributed by atoms with van der Waals surface area (Å²) in [7, 11) is 0. The lowest BCUT2D eigenvalue weighted by atomic mass is 9.97. The first-order valence-electron chi connectivity index (χ1n) is 9.49. The van der Waals surface area contributed by atoms with Gasteiger partial charge in [-0.2, -0.15) is 0 Å². The molecule has 1 aliphatic heterocycles. The van der Waals surface area contributed by atoms with Crippen LogP contribution in [0.5, 0.6) is 5.88 Å². The molecule has 4 rings (SSSR count). The zero-order valence-corrected chi connectivity index (χ0v) is 16.2. The Bertz CT molecular complexity index is 858. The first-order valence-corrected chi connectivity index (χ1v) is 10.3. The van der Waals surface area contributed by atoms with Crippen molar-refractivity contribution in [1.82, 2.24) is 14.9 Å². The molecule has 2 aromatic rings. The van der Waals surface area contributed by atoms with E-state index in [4.69, 9.17) is 9.47 Å². The summed E-state index contributed by atoms with van der Waals surface area (Å²) < 4.78 is 10.9. The van der Waals surface area contributed by atoms with Crippen LogP contribution in [0.3, 0.4) is 0 Å². The molecule has 0 bridgehead atoms. The zero-order valence-electron chi connectivity index (χ0n) is 15.4. The highest BCUT2D eigenvalue weighted by Gasteiger charge is 2.29. The molecule has 1 saturated heterocycles. The highest BCUT2D eigenvalue weighted by atomic mass is 32.1. The quantitative estimate of drug-likeness (QED) is 0.730. The van der Waals surface area contributed by atoms with E-state index in [1.807, 2.05) is 0 Å². The molecule has 2 aromatic heterocycles. The molecule has 1 aliphatic carbocycles. The van der Waals surface area contributed by atoms with E-state index in [1.54, 1.807) is 23.2 Å². The number of piperidine rings is 1. The van der Waals surface area contributed by atoms with Gasteiger partial charge < -0.3 is 14.4 Å². The molecule has 144 valence electrons. The van der Waals surface area contributed by atoms with Crippen LogP contribution in [-0.4, -0.2) is 53.0 Å². The Labute approximate surface area is 161 Å². The lowest BCUT2D eigenvalue weighted by Crippen LogP contribution is -2.42. The Morgan fingerprint density at radius 2 is 2.07 bits per heavy atom. The van der Waals surface area contributed by atoms with Gasteiger partial charge in [-0.15, -0.1) is 11.3 Å². The van der Waals surface area contributed by atoms with Crippen LogP contribution in [0.1, 0.15) is 36.6 Å². The van der Waals surface area contributed by atoms with Crippen LogP contribution in [0.4, 0.5) is 0 Å². The van der Waals surface area contributed by atoms with Gasteiger partial charge in [0.15, 0.2) is 6.61 Å². The molecule has 0 N–H and O–H groups in total. The van der Waals surface area contributed by atoms with Gasteiger partial charge in [-0.1, -0.05) is 0 Å². The van der Waals surface area contributed by atoms with E-state index < -0.39 is 0 Å². The Morgan fingerprint density at radius 1 is 1.26 bits per heavy atom. The summed E-state index contributed by atoms with van der Waals surface area (Å²) in [6, 6.07) is 0. The van der Waals surface area contributed by atoms with Gasteiger partial charge in [0, 0.05) is 18.0 Å². The fraction of sp³-hybridized carbons (Fsp3) is 0.579. The fourth-order valence-corrected chi connectivity index (χ4v) is 5.07. The largest absolute Gasteiger partial charge is 0.467 e. The maximum Gasteiger partial charge on any atom is 0.309 e. The van der Waals surface area contributed by atoms with Gasteiger partial charge in [-0.05, 0) is 44.6 Å². The van der Waals surface area contributed by atoms with E-state index in [2.05, 4.69) is 9.97 Å². The Balaban J connectivity index is 1.37. The van der Waals surface area contributed by atoms with Crippen LogP contribution in [0.25, 0.3) is 10.2 Å². The third kappa shape index (κ3) is 3.63. The van der Waals surface area contributed by atoms with Crippen molar-refractivity contribution in [1.29, 1.82) is 0 Å². The minimum absolute atomic E-state index is 0.0409. The van der Waals surface area contributed by atoms with Crippen molar-refractivity contribution in [2.24, 2.45) is 5.92 Å². The summed E-state index contributed by atoms with van der Waals surface area (Å²) in [6.45, 7) is 3.27. The molecule has 0 unspecified atom stereocenters. The van der Waals surface area contributed by atoms with Crippen LogP contribution in [0.2, 0.25) is 0 Å². The standard InChI is InChI=1S/C19H23N3O4S/c1-2-25-19(24)12-6-8-22(9-7-12)15(23)10-26-17-16-13-4-3-5-14(13)27-18(16)21-11-20-17/h11-12H,2-10H2,1H3. The second-order valence-corrected chi connectivity index (χ2v) is 8.00. The number of carbonyl (C=O) groups is 2. The Hall–Kier alpha value is -2.22. The number of rotatable bonds is 5. The first-order chi connectivity index (χ1) is 13.2. The minimum atomic E-state index is -0.157. The molecule has 0 aromatic carbocycles. The molecule has 27 heavy (non-hydrogen) atoms. The van der Waals surface area contributed by atoms with Gasteiger partial charge in [0.25, 0.3) is 5.91 Å². The molecular formula is C19H23N3O4S. The van der Waals surface area contributed by atoms with Gasteiger partial charge >= 0.3 is 5.97 Å². The highest BCUT2D eigenvalue weighted by molar-refractivity contribution is 7.18. The number of esters is 1. The van der Waals surface area contributed by atoms with E-state index >= 15 is 0 Å². The van der Waals surface area contributed by atoms with Crippen molar-refractivity contribution in [3.05, 3.63) is 16.8 Å². The van der Waals surface area contributed by atoms with E-state index in [-0.39, 0.29) is 24.4 Å². The van der Waals surface area contributed by atoms with E-state index in [9.17, 15) is 9.59 Å². The number of hydrogen-bond donors (Lipinski definition) is 0. The van der Waals surface area contributed by atoms with Gasteiger partial charge in [-0.25, -0.2) is 9.97 Å². The smallest absolute Gasteiger partial charge is 0.309 e. The number of nitrogens with zero attached hydrogens (tertiary/aromatic N) is 3. The highest BCUT2D eigenvalue weighted by Crippen LogP contribution is 2.39. The number of aromatic nitrogens is 2. The molecule has 0 saturated carbocycles. The minimum Gasteiger partial charge on any atom is -0.467 e. The van der Waals surface area contributed by atoms with E-state index in [1.165, 1.54) is 16.8 Å². The number of carbonyl (C=O) groups excluding carboxylic acids is 2. The average Bonchev–Trinajstić information content (AvgIpc) is 3.27. The third-order valence-electron chi connectivity index (χ3n) is 5.27. The molecule has 0 atom stereocenters. The van der Waals surface area contributed by atoms with E-state index in [0.717, 1.165) is 29.5 Å². The van der Waals surface area contributed by atoms with Crippen LogP contribution in [0, 0.1) is 5.92 Å². The van der Waals surface area contributed by atoms with Crippen molar-refractivity contribution in [2.45, 2.75) is 39.0 Å². The predicted octanol–water partition coefficient (Wildman–Crippen LogP) is 2.36. The summed E-state index contributed by atoms with van der Waals surface area (Å²) in [5.41, 5.74) is 1.29. The zero-order chi connectivity index (χ0) is 18.8. The summed E-state index contributed by atoms with van der Waals surface area (Å²) in [6.07, 6.45) is 6.04. The lowest BCUT2D eigenvalue weighted by molar-refractivity contribution is -0.151. The molecule has 1 amide bonds. The lowest BCUT2D eigenvalue weighted by Gasteiger charge is -2.30. The number of hydrogen-bond acceptors (Lipinski definition) is 7. The number of thiophene rings is 1. The fourth-order valence-electron chi connectivity index (χ4n) is 3.86. The molecule has 3 heterocycles. The molecule has 1 fully saturated rings. The number of amides is 1. The summed E-state index contributed by atoms with van der Waals surface area (Å²) >= 11 is 1.70. The van der Waals surface area contributed by atoms with Crippen molar-refractivity contribution >= 4 is 33.4 Å². The number of fused-ring (bicyclic) bond motifs is 3. The van der Waals surface area contributed by atoms with Crippen LogP contribution >= 0.6 is 11.3 Å². The summed E-state index contributed by atoms with van der Waals surface area (Å²) in [5, 5.41) is 0.976. The van der Waals surface area contributed by atoms with Crippen molar-refractivity contribution < 1.29 is 19.1 Å². The van der Waals surface area contributed by atoms with Crippen LogP contribution in [-0.2, 0) is 27.2 Å². The Morgan fingerprint density at radius 3 is 2.85 bits per heavy atom. The SMILES string of the molecule is CCOC(=O)C1CCN(C(=O)COc2ncnc3sc4c(c23)CCC4)CC1. The van der Waals surface area contributed by atoms with Crippen molar-refractivity contribution in [3.63, 3.8) is 0 Å².